The molecule has 2 nitrogen and oxygen atoms in total. The smallest absolute Gasteiger partial charge is 0.0573 e. The molecular weight excluding hydrogens is 152 g/mol. The highest BCUT2D eigenvalue weighted by Gasteiger charge is 2.38. The van der Waals surface area contributed by atoms with Crippen molar-refractivity contribution in [3.05, 3.63) is 0 Å². The monoisotopic (exact) mass is 170 g/mol. The van der Waals surface area contributed by atoms with Crippen LogP contribution in [-0.2, 0) is 0 Å². The van der Waals surface area contributed by atoms with Crippen LogP contribution in [0.3, 0.4) is 0 Å². The van der Waals surface area contributed by atoms with Gasteiger partial charge in [-0.2, -0.15) is 0 Å². The van der Waals surface area contributed by atoms with Crippen LogP contribution in [0.1, 0.15) is 38.5 Å². The Kier molecular flexibility index (Phi) is 2.37. The molecule has 2 aliphatic carbocycles. The van der Waals surface area contributed by atoms with E-state index in [2.05, 4.69) is 0 Å². The Morgan fingerprint density at radius 1 is 0.667 bits per heavy atom. The van der Waals surface area contributed by atoms with E-state index in [1.165, 1.54) is 12.8 Å². The molecule has 0 spiro atoms. The minimum atomic E-state index is -0.126. The largest absolute Gasteiger partial charge is 0.393 e. The third kappa shape index (κ3) is 1.38. The first-order chi connectivity index (χ1) is 5.79. The third-order valence-corrected chi connectivity index (χ3v) is 3.62. The number of rotatable bonds is 0. The van der Waals surface area contributed by atoms with E-state index in [9.17, 15) is 10.2 Å². The highest BCUT2D eigenvalue weighted by atomic mass is 16.3. The van der Waals surface area contributed by atoms with Gasteiger partial charge < -0.3 is 10.2 Å². The van der Waals surface area contributed by atoms with E-state index in [0.717, 1.165) is 25.7 Å². The van der Waals surface area contributed by atoms with Crippen molar-refractivity contribution in [2.45, 2.75) is 50.7 Å². The SMILES string of the molecule is O[C@@H]1CC[C@H](O)C2CCCCC21. The van der Waals surface area contributed by atoms with Crippen molar-refractivity contribution in [1.82, 2.24) is 0 Å². The zero-order chi connectivity index (χ0) is 8.55. The molecule has 0 saturated heterocycles. The molecule has 70 valence electrons. The lowest BCUT2D eigenvalue weighted by atomic mass is 9.68. The van der Waals surface area contributed by atoms with Crippen molar-refractivity contribution in [3.8, 4) is 0 Å². The molecule has 0 heterocycles. The predicted octanol–water partition coefficient (Wildman–Crippen LogP) is 1.31. The summed E-state index contributed by atoms with van der Waals surface area (Å²) < 4.78 is 0. The van der Waals surface area contributed by atoms with Gasteiger partial charge in [-0.25, -0.2) is 0 Å². The molecule has 0 radical (unpaired) electrons. The zero-order valence-electron chi connectivity index (χ0n) is 7.45. The van der Waals surface area contributed by atoms with Crippen LogP contribution >= 0.6 is 0 Å². The molecule has 0 amide bonds. The van der Waals surface area contributed by atoms with Crippen molar-refractivity contribution < 1.29 is 10.2 Å². The summed E-state index contributed by atoms with van der Waals surface area (Å²) in [6.45, 7) is 0. The highest BCUT2D eigenvalue weighted by molar-refractivity contribution is 4.89. The van der Waals surface area contributed by atoms with Crippen LogP contribution in [0.5, 0.6) is 0 Å². The van der Waals surface area contributed by atoms with E-state index in [0.29, 0.717) is 11.8 Å². The lowest BCUT2D eigenvalue weighted by Gasteiger charge is -2.41. The van der Waals surface area contributed by atoms with E-state index in [-0.39, 0.29) is 12.2 Å². The Balaban J connectivity index is 2.05. The second-order valence-electron chi connectivity index (χ2n) is 4.32. The summed E-state index contributed by atoms with van der Waals surface area (Å²) in [6, 6.07) is 0. The molecule has 2 heteroatoms. The summed E-state index contributed by atoms with van der Waals surface area (Å²) in [5, 5.41) is 19.4. The molecule has 0 aromatic rings. The van der Waals surface area contributed by atoms with Gasteiger partial charge >= 0.3 is 0 Å². The van der Waals surface area contributed by atoms with Crippen LogP contribution in [0.15, 0.2) is 0 Å². The van der Waals surface area contributed by atoms with Gasteiger partial charge in [0.2, 0.25) is 0 Å². The standard InChI is InChI=1S/C10H18O2/c11-9-5-6-10(12)8-4-2-1-3-7(8)9/h7-12H,1-6H2/t7?,8?,9-,10+. The van der Waals surface area contributed by atoms with Gasteiger partial charge in [-0.1, -0.05) is 12.8 Å². The van der Waals surface area contributed by atoms with Gasteiger partial charge in [0.1, 0.15) is 0 Å². The first kappa shape index (κ1) is 8.52. The molecule has 0 aliphatic heterocycles. The van der Waals surface area contributed by atoms with E-state index in [4.69, 9.17) is 0 Å². The molecule has 2 rings (SSSR count). The van der Waals surface area contributed by atoms with Crippen molar-refractivity contribution in [3.63, 3.8) is 0 Å². The van der Waals surface area contributed by atoms with E-state index >= 15 is 0 Å². The zero-order valence-corrected chi connectivity index (χ0v) is 7.45. The lowest BCUT2D eigenvalue weighted by Crippen LogP contribution is -2.42. The van der Waals surface area contributed by atoms with Gasteiger partial charge in [0.15, 0.2) is 0 Å². The molecule has 0 aromatic carbocycles. The molecule has 0 aromatic heterocycles. The van der Waals surface area contributed by atoms with Crippen LogP contribution in [0.25, 0.3) is 0 Å². The van der Waals surface area contributed by atoms with Crippen LogP contribution < -0.4 is 0 Å². The fraction of sp³-hybridized carbons (Fsp3) is 1.00. The van der Waals surface area contributed by atoms with Crippen molar-refractivity contribution in [1.29, 1.82) is 0 Å². The summed E-state index contributed by atoms with van der Waals surface area (Å²) in [7, 11) is 0. The topological polar surface area (TPSA) is 40.5 Å². The number of hydrogen-bond acceptors (Lipinski definition) is 2. The molecule has 4 atom stereocenters. The van der Waals surface area contributed by atoms with Crippen molar-refractivity contribution in [2.75, 3.05) is 0 Å². The minimum Gasteiger partial charge on any atom is -0.393 e. The molecule has 2 fully saturated rings. The molecular formula is C10H18O2. The van der Waals surface area contributed by atoms with Gasteiger partial charge in [0.25, 0.3) is 0 Å². The summed E-state index contributed by atoms with van der Waals surface area (Å²) in [4.78, 5) is 0. The van der Waals surface area contributed by atoms with Gasteiger partial charge in [-0.15, -0.1) is 0 Å². The molecule has 12 heavy (non-hydrogen) atoms. The number of fused-ring (bicyclic) bond motifs is 1. The number of hydrogen-bond donors (Lipinski definition) is 2. The average molecular weight is 170 g/mol. The van der Waals surface area contributed by atoms with Crippen molar-refractivity contribution in [2.24, 2.45) is 11.8 Å². The van der Waals surface area contributed by atoms with E-state index < -0.39 is 0 Å². The Labute approximate surface area is 73.6 Å². The van der Waals surface area contributed by atoms with E-state index in [1.807, 2.05) is 0 Å². The van der Waals surface area contributed by atoms with Crippen LogP contribution in [-0.4, -0.2) is 22.4 Å². The summed E-state index contributed by atoms with van der Waals surface area (Å²) in [6.07, 6.45) is 6.10. The second kappa shape index (κ2) is 3.35. The summed E-state index contributed by atoms with van der Waals surface area (Å²) >= 11 is 0. The molecule has 2 saturated carbocycles. The van der Waals surface area contributed by atoms with Gasteiger partial charge in [-0.05, 0) is 37.5 Å². The molecule has 2 aliphatic rings. The Morgan fingerprint density at radius 2 is 1.08 bits per heavy atom. The van der Waals surface area contributed by atoms with Gasteiger partial charge in [0.05, 0.1) is 12.2 Å². The minimum absolute atomic E-state index is 0.126. The number of aliphatic hydroxyl groups is 2. The predicted molar refractivity (Wildman–Crippen MR) is 46.7 cm³/mol. The fourth-order valence-corrected chi connectivity index (χ4v) is 2.91. The highest BCUT2D eigenvalue weighted by Crippen LogP contribution is 2.40. The Hall–Kier alpha value is -0.0800. The normalized spacial score (nSPS) is 48.5. The average Bonchev–Trinajstić information content (AvgIpc) is 2.12. The van der Waals surface area contributed by atoms with Crippen LogP contribution in [0, 0.1) is 11.8 Å². The molecule has 0 bridgehead atoms. The quantitative estimate of drug-likeness (QED) is 0.575. The maximum atomic E-state index is 9.71. The summed E-state index contributed by atoms with van der Waals surface area (Å²) in [5.74, 6) is 0.810. The number of aliphatic hydroxyl groups excluding tert-OH is 2. The van der Waals surface area contributed by atoms with Crippen LogP contribution in [0.4, 0.5) is 0 Å². The maximum absolute atomic E-state index is 9.71. The maximum Gasteiger partial charge on any atom is 0.0573 e. The van der Waals surface area contributed by atoms with Crippen LogP contribution in [0.2, 0.25) is 0 Å². The summed E-state index contributed by atoms with van der Waals surface area (Å²) in [5.41, 5.74) is 0. The second-order valence-corrected chi connectivity index (χ2v) is 4.32. The van der Waals surface area contributed by atoms with E-state index in [1.54, 1.807) is 0 Å². The fourth-order valence-electron chi connectivity index (χ4n) is 2.91. The van der Waals surface area contributed by atoms with Gasteiger partial charge in [0, 0.05) is 0 Å². The van der Waals surface area contributed by atoms with Gasteiger partial charge in [-0.3, -0.25) is 0 Å². The molecule has 2 unspecified atom stereocenters. The Morgan fingerprint density at radius 3 is 1.50 bits per heavy atom. The molecule has 2 N–H and O–H groups in total. The third-order valence-electron chi connectivity index (χ3n) is 3.62. The Bertz CT molecular complexity index is 140. The first-order valence-corrected chi connectivity index (χ1v) is 5.15. The first-order valence-electron chi connectivity index (χ1n) is 5.15. The van der Waals surface area contributed by atoms with Crippen molar-refractivity contribution >= 4 is 0 Å². The lowest BCUT2D eigenvalue weighted by molar-refractivity contribution is -0.0608.